The molecule has 0 saturated carbocycles. The van der Waals surface area contributed by atoms with E-state index in [1.807, 2.05) is 0 Å². The Labute approximate surface area is 279 Å². The van der Waals surface area contributed by atoms with Gasteiger partial charge in [-0.15, -0.1) is 0 Å². The second kappa shape index (κ2) is 22.2. The fraction of sp³-hybridized carbons (Fsp3) is 0.806. The topological polar surface area (TPSA) is 276 Å². The SMILES string of the molecule is O=C(CCN1C(=O)C=CC1=O)NCCCCCCCCCCCCNC(=O)[C@H](O)[C@@H](O)[C@H](O[C@H]1O[C@H](CO)[C@H](O)[C@H](O)[C@H]1O)[C@H](O)CO. The first kappa shape index (κ1) is 41.6. The number of carbonyl (C=O) groups excluding carboxylic acids is 4. The Morgan fingerprint density at radius 1 is 0.792 bits per heavy atom. The summed E-state index contributed by atoms with van der Waals surface area (Å²) < 4.78 is 10.5. The summed E-state index contributed by atoms with van der Waals surface area (Å²) in [6.45, 7) is -0.876. The van der Waals surface area contributed by atoms with Crippen molar-refractivity contribution >= 4 is 23.6 Å². The zero-order valence-electron chi connectivity index (χ0n) is 27.1. The van der Waals surface area contributed by atoms with Gasteiger partial charge in [-0.3, -0.25) is 24.1 Å². The second-order valence-corrected chi connectivity index (χ2v) is 12.1. The lowest BCUT2D eigenvalue weighted by Gasteiger charge is -2.42. The average Bonchev–Trinajstić information content (AvgIpc) is 3.40. The molecule has 17 nitrogen and oxygen atoms in total. The molecule has 2 heterocycles. The largest absolute Gasteiger partial charge is 0.394 e. The number of hydrogen-bond donors (Lipinski definition) is 10. The lowest BCUT2D eigenvalue weighted by atomic mass is 9.98. The van der Waals surface area contributed by atoms with Gasteiger partial charge in [0.1, 0.15) is 42.7 Å². The van der Waals surface area contributed by atoms with E-state index in [9.17, 15) is 60.0 Å². The van der Waals surface area contributed by atoms with Crippen molar-refractivity contribution in [3.8, 4) is 0 Å². The highest BCUT2D eigenvalue weighted by molar-refractivity contribution is 6.13. The Bertz CT molecular complexity index is 1010. The molecule has 0 aromatic heterocycles. The summed E-state index contributed by atoms with van der Waals surface area (Å²) >= 11 is 0. The molecule has 17 heteroatoms. The maximum absolute atomic E-state index is 12.4. The number of imide groups is 1. The maximum atomic E-state index is 12.4. The van der Waals surface area contributed by atoms with E-state index in [2.05, 4.69) is 10.6 Å². The van der Waals surface area contributed by atoms with E-state index < -0.39 is 86.1 Å². The molecule has 276 valence electrons. The highest BCUT2D eigenvalue weighted by Gasteiger charge is 2.47. The zero-order chi connectivity index (χ0) is 35.6. The Kier molecular flexibility index (Phi) is 19.2. The maximum Gasteiger partial charge on any atom is 0.253 e. The van der Waals surface area contributed by atoms with Crippen molar-refractivity contribution in [3.05, 3.63) is 12.2 Å². The number of aliphatic hydroxyl groups excluding tert-OH is 8. The summed E-state index contributed by atoms with van der Waals surface area (Å²) in [6.07, 6.45) is -4.42. The third-order valence-corrected chi connectivity index (χ3v) is 8.32. The van der Waals surface area contributed by atoms with Crippen LogP contribution in [0, 0.1) is 0 Å². The molecule has 0 spiro atoms. The lowest BCUT2D eigenvalue weighted by molar-refractivity contribution is -0.326. The van der Waals surface area contributed by atoms with Gasteiger partial charge in [-0.25, -0.2) is 0 Å². The van der Waals surface area contributed by atoms with Gasteiger partial charge < -0.3 is 61.0 Å². The minimum Gasteiger partial charge on any atom is -0.394 e. The number of rotatable bonds is 24. The molecular weight excluding hydrogens is 638 g/mol. The Morgan fingerprint density at radius 3 is 1.83 bits per heavy atom. The fourth-order valence-electron chi connectivity index (χ4n) is 5.33. The van der Waals surface area contributed by atoms with Crippen LogP contribution in [-0.2, 0) is 28.7 Å². The molecular formula is C31H53N3O14. The highest BCUT2D eigenvalue weighted by atomic mass is 16.7. The predicted molar refractivity (Wildman–Crippen MR) is 166 cm³/mol. The Morgan fingerprint density at radius 2 is 1.31 bits per heavy atom. The molecule has 0 aliphatic carbocycles. The quantitative estimate of drug-likeness (QED) is 0.0351. The number of amides is 4. The van der Waals surface area contributed by atoms with Gasteiger partial charge in [0.15, 0.2) is 12.4 Å². The van der Waals surface area contributed by atoms with Gasteiger partial charge in [0.05, 0.1) is 13.2 Å². The van der Waals surface area contributed by atoms with Crippen LogP contribution < -0.4 is 10.6 Å². The standard InChI is InChI=1S/C31H53N3O14/c35-17-19(37)29(48-31-28(45)25(42)24(41)20(18-36)47-31)26(43)27(44)30(46)33-15-10-8-6-4-2-1-3-5-7-9-14-32-21(38)13-16-34-22(39)11-12-23(34)40/h11-12,19-20,24-29,31,35-37,41-45H,1-10,13-18H2,(H,32,38)(H,33,46)/t19-,20-,24+,25+,26-,27-,28-,29-,31-/m1/s1. The van der Waals surface area contributed by atoms with Crippen LogP contribution >= 0.6 is 0 Å². The van der Waals surface area contributed by atoms with Crippen molar-refractivity contribution in [1.29, 1.82) is 0 Å². The van der Waals surface area contributed by atoms with E-state index >= 15 is 0 Å². The first-order chi connectivity index (χ1) is 22.9. The minimum absolute atomic E-state index is 0.0754. The van der Waals surface area contributed by atoms with Gasteiger partial charge in [0.25, 0.3) is 17.7 Å². The molecule has 10 N–H and O–H groups in total. The summed E-state index contributed by atoms with van der Waals surface area (Å²) in [5.41, 5.74) is 0. The van der Waals surface area contributed by atoms with Crippen molar-refractivity contribution in [2.75, 3.05) is 32.8 Å². The van der Waals surface area contributed by atoms with Crippen LogP contribution in [0.3, 0.4) is 0 Å². The molecule has 2 aliphatic heterocycles. The number of carbonyl (C=O) groups is 4. The predicted octanol–water partition coefficient (Wildman–Crippen LogP) is -3.30. The van der Waals surface area contributed by atoms with Crippen molar-refractivity contribution in [1.82, 2.24) is 15.5 Å². The number of hydrogen-bond acceptors (Lipinski definition) is 14. The molecule has 0 bridgehead atoms. The Hall–Kier alpha value is -2.58. The molecule has 2 rings (SSSR count). The van der Waals surface area contributed by atoms with Crippen LogP contribution in [0.1, 0.15) is 70.6 Å². The van der Waals surface area contributed by atoms with E-state index in [0.29, 0.717) is 13.0 Å². The zero-order valence-corrected chi connectivity index (χ0v) is 27.1. The smallest absolute Gasteiger partial charge is 0.253 e. The average molecular weight is 692 g/mol. The van der Waals surface area contributed by atoms with Gasteiger partial charge in [-0.05, 0) is 12.8 Å². The second-order valence-electron chi connectivity index (χ2n) is 12.1. The number of nitrogens with zero attached hydrogens (tertiary/aromatic N) is 1. The summed E-state index contributed by atoms with van der Waals surface area (Å²) in [7, 11) is 0. The number of aliphatic hydroxyl groups is 8. The van der Waals surface area contributed by atoms with E-state index in [-0.39, 0.29) is 25.4 Å². The molecule has 9 atom stereocenters. The Balaban J connectivity index is 1.52. The molecule has 4 amide bonds. The summed E-state index contributed by atoms with van der Waals surface area (Å²) in [4.78, 5) is 48.3. The first-order valence-corrected chi connectivity index (χ1v) is 16.6. The van der Waals surface area contributed by atoms with Crippen molar-refractivity contribution < 1.29 is 69.5 Å². The summed E-state index contributed by atoms with van der Waals surface area (Å²) in [6, 6.07) is 0. The monoisotopic (exact) mass is 691 g/mol. The molecule has 0 aromatic rings. The van der Waals surface area contributed by atoms with Crippen LogP contribution in [0.15, 0.2) is 12.2 Å². The third-order valence-electron chi connectivity index (χ3n) is 8.32. The molecule has 0 unspecified atom stereocenters. The fourth-order valence-corrected chi connectivity index (χ4v) is 5.33. The summed E-state index contributed by atoms with van der Waals surface area (Å²) in [5.74, 6) is -1.94. The normalized spacial score (nSPS) is 25.2. The molecule has 2 aliphatic rings. The van der Waals surface area contributed by atoms with Crippen LogP contribution in [0.2, 0.25) is 0 Å². The number of ether oxygens (including phenoxy) is 2. The first-order valence-electron chi connectivity index (χ1n) is 16.6. The highest BCUT2D eigenvalue weighted by Crippen LogP contribution is 2.25. The van der Waals surface area contributed by atoms with Crippen LogP contribution in [0.25, 0.3) is 0 Å². The van der Waals surface area contributed by atoms with Crippen molar-refractivity contribution in [2.45, 2.75) is 126 Å². The lowest BCUT2D eigenvalue weighted by Crippen LogP contribution is -2.62. The van der Waals surface area contributed by atoms with E-state index in [1.165, 1.54) is 12.2 Å². The molecule has 0 radical (unpaired) electrons. The number of nitrogens with one attached hydrogen (secondary N) is 2. The molecule has 1 fully saturated rings. The van der Waals surface area contributed by atoms with Gasteiger partial charge in [0.2, 0.25) is 5.91 Å². The molecule has 0 aromatic carbocycles. The third kappa shape index (κ3) is 13.4. The van der Waals surface area contributed by atoms with E-state index in [4.69, 9.17) is 9.47 Å². The summed E-state index contributed by atoms with van der Waals surface area (Å²) in [5, 5.41) is 85.1. The molecule has 48 heavy (non-hydrogen) atoms. The van der Waals surface area contributed by atoms with Gasteiger partial charge in [-0.1, -0.05) is 51.4 Å². The van der Waals surface area contributed by atoms with Crippen LogP contribution in [-0.4, -0.2) is 157 Å². The number of unbranched alkanes of at least 4 members (excludes halogenated alkanes) is 9. The minimum atomic E-state index is -2.09. The van der Waals surface area contributed by atoms with Gasteiger partial charge in [0, 0.05) is 38.2 Å². The van der Waals surface area contributed by atoms with Gasteiger partial charge >= 0.3 is 0 Å². The van der Waals surface area contributed by atoms with Crippen LogP contribution in [0.5, 0.6) is 0 Å². The molecule has 1 saturated heterocycles. The van der Waals surface area contributed by atoms with Crippen LogP contribution in [0.4, 0.5) is 0 Å². The van der Waals surface area contributed by atoms with Crippen molar-refractivity contribution in [3.63, 3.8) is 0 Å². The van der Waals surface area contributed by atoms with E-state index in [1.54, 1.807) is 0 Å². The van der Waals surface area contributed by atoms with Crippen molar-refractivity contribution in [2.24, 2.45) is 0 Å². The van der Waals surface area contributed by atoms with E-state index in [0.717, 1.165) is 62.7 Å². The van der Waals surface area contributed by atoms with Gasteiger partial charge in [-0.2, -0.15) is 0 Å².